The fourth-order valence-electron chi connectivity index (χ4n) is 1.78. The number of aromatic nitrogens is 4. The van der Waals surface area contributed by atoms with Crippen LogP contribution in [0.1, 0.15) is 23.5 Å². The van der Waals surface area contributed by atoms with Crippen molar-refractivity contribution in [3.8, 4) is 11.4 Å². The van der Waals surface area contributed by atoms with E-state index < -0.39 is 0 Å². The van der Waals surface area contributed by atoms with Crippen molar-refractivity contribution in [2.45, 2.75) is 19.9 Å². The maximum absolute atomic E-state index is 5.84. The van der Waals surface area contributed by atoms with Crippen molar-refractivity contribution in [1.82, 2.24) is 19.8 Å². The number of hydrogen-bond donors (Lipinski definition) is 1. The molecule has 3 aromatic rings. The first-order valence-corrected chi connectivity index (χ1v) is 6.51. The van der Waals surface area contributed by atoms with E-state index in [-0.39, 0.29) is 6.04 Å². The Labute approximate surface area is 108 Å². The lowest BCUT2D eigenvalue weighted by molar-refractivity contribution is 0.769. The Morgan fingerprint density at radius 2 is 2.17 bits per heavy atom. The molecule has 2 N–H and O–H groups in total. The van der Waals surface area contributed by atoms with Gasteiger partial charge in [0.15, 0.2) is 5.82 Å². The fraction of sp³-hybridized carbons (Fsp3) is 0.250. The molecule has 1 unspecified atom stereocenters. The van der Waals surface area contributed by atoms with Gasteiger partial charge >= 0.3 is 0 Å². The van der Waals surface area contributed by atoms with Gasteiger partial charge in [-0.15, -0.1) is 10.2 Å². The van der Waals surface area contributed by atoms with Crippen molar-refractivity contribution in [1.29, 1.82) is 0 Å². The lowest BCUT2D eigenvalue weighted by Gasteiger charge is -1.99. The molecule has 0 saturated heterocycles. The lowest BCUT2D eigenvalue weighted by Crippen LogP contribution is -2.05. The Morgan fingerprint density at radius 3 is 2.89 bits per heavy atom. The highest BCUT2D eigenvalue weighted by molar-refractivity contribution is 7.16. The first-order valence-electron chi connectivity index (χ1n) is 5.70. The van der Waals surface area contributed by atoms with E-state index in [2.05, 4.69) is 34.4 Å². The van der Waals surface area contributed by atoms with Crippen molar-refractivity contribution < 1.29 is 0 Å². The van der Waals surface area contributed by atoms with Crippen LogP contribution in [0.2, 0.25) is 0 Å². The highest BCUT2D eigenvalue weighted by atomic mass is 32.1. The highest BCUT2D eigenvalue weighted by Crippen LogP contribution is 2.24. The van der Waals surface area contributed by atoms with Crippen LogP contribution in [0, 0.1) is 6.92 Å². The van der Waals surface area contributed by atoms with Gasteiger partial charge in [0.1, 0.15) is 5.01 Å². The molecule has 0 spiro atoms. The van der Waals surface area contributed by atoms with Crippen LogP contribution in [-0.2, 0) is 0 Å². The highest BCUT2D eigenvalue weighted by Gasteiger charge is 2.14. The summed E-state index contributed by atoms with van der Waals surface area (Å²) < 4.78 is 1.76. The van der Waals surface area contributed by atoms with Crippen molar-refractivity contribution in [2.24, 2.45) is 5.73 Å². The molecule has 3 rings (SSSR count). The van der Waals surface area contributed by atoms with Gasteiger partial charge in [-0.25, -0.2) is 0 Å². The van der Waals surface area contributed by atoms with Crippen molar-refractivity contribution in [3.63, 3.8) is 0 Å². The topological polar surface area (TPSA) is 69.1 Å². The van der Waals surface area contributed by atoms with Gasteiger partial charge in [-0.3, -0.25) is 0 Å². The van der Waals surface area contributed by atoms with Crippen LogP contribution in [0.4, 0.5) is 0 Å². The number of fused-ring (bicyclic) bond motifs is 1. The Hall–Kier alpha value is -1.79. The summed E-state index contributed by atoms with van der Waals surface area (Å²) in [5.74, 6) is 0.761. The second-order valence-electron chi connectivity index (χ2n) is 4.32. The molecule has 0 saturated carbocycles. The summed E-state index contributed by atoms with van der Waals surface area (Å²) in [4.78, 5) is 0.777. The van der Waals surface area contributed by atoms with E-state index in [9.17, 15) is 0 Å². The van der Waals surface area contributed by atoms with E-state index in [0.29, 0.717) is 0 Å². The molecule has 2 heterocycles. The molecule has 0 amide bonds. The number of benzene rings is 1. The predicted molar refractivity (Wildman–Crippen MR) is 71.4 cm³/mol. The first-order chi connectivity index (χ1) is 8.65. The van der Waals surface area contributed by atoms with Crippen LogP contribution in [0.25, 0.3) is 16.3 Å². The number of rotatable bonds is 2. The molecular formula is C12H13N5S. The van der Waals surface area contributed by atoms with Crippen LogP contribution in [0.15, 0.2) is 24.3 Å². The minimum Gasteiger partial charge on any atom is -0.322 e. The molecule has 1 aromatic carbocycles. The molecular weight excluding hydrogens is 246 g/mol. The maximum atomic E-state index is 5.84. The van der Waals surface area contributed by atoms with Crippen LogP contribution in [0.3, 0.4) is 0 Å². The minimum atomic E-state index is -0.0814. The third-order valence-electron chi connectivity index (χ3n) is 2.67. The van der Waals surface area contributed by atoms with Gasteiger partial charge in [0.2, 0.25) is 4.96 Å². The average molecular weight is 259 g/mol. The second-order valence-corrected chi connectivity index (χ2v) is 5.30. The van der Waals surface area contributed by atoms with Gasteiger partial charge in [0.05, 0.1) is 6.04 Å². The number of nitrogens with zero attached hydrogens (tertiary/aromatic N) is 4. The zero-order valence-electron chi connectivity index (χ0n) is 10.2. The molecule has 0 fully saturated rings. The van der Waals surface area contributed by atoms with E-state index in [4.69, 9.17) is 5.73 Å². The van der Waals surface area contributed by atoms with E-state index in [1.54, 1.807) is 4.52 Å². The molecule has 6 heteroatoms. The van der Waals surface area contributed by atoms with Crippen LogP contribution in [-0.4, -0.2) is 19.8 Å². The van der Waals surface area contributed by atoms with Crippen molar-refractivity contribution in [2.75, 3.05) is 0 Å². The lowest BCUT2D eigenvalue weighted by atomic mass is 10.1. The maximum Gasteiger partial charge on any atom is 0.235 e. The van der Waals surface area contributed by atoms with Gasteiger partial charge in [0.25, 0.3) is 0 Å². The molecule has 92 valence electrons. The normalized spacial score (nSPS) is 13.1. The fourth-order valence-corrected chi connectivity index (χ4v) is 2.57. The van der Waals surface area contributed by atoms with Crippen molar-refractivity contribution in [3.05, 3.63) is 34.8 Å². The Bertz CT molecular complexity index is 697. The summed E-state index contributed by atoms with van der Waals surface area (Å²) in [5, 5.41) is 13.7. The first kappa shape index (κ1) is 11.3. The number of hydrogen-bond acceptors (Lipinski definition) is 5. The molecule has 5 nitrogen and oxygen atoms in total. The van der Waals surface area contributed by atoms with Gasteiger partial charge in [0, 0.05) is 5.56 Å². The molecule has 0 aliphatic heterocycles. The molecule has 0 radical (unpaired) electrons. The summed E-state index contributed by atoms with van der Waals surface area (Å²) in [6.45, 7) is 3.97. The van der Waals surface area contributed by atoms with E-state index in [1.807, 2.05) is 19.1 Å². The quantitative estimate of drug-likeness (QED) is 0.766. The zero-order chi connectivity index (χ0) is 12.7. The third-order valence-corrected chi connectivity index (χ3v) is 3.77. The molecule has 2 aromatic heterocycles. The second kappa shape index (κ2) is 4.15. The molecule has 0 aliphatic rings. The van der Waals surface area contributed by atoms with Crippen LogP contribution >= 0.6 is 11.3 Å². The smallest absolute Gasteiger partial charge is 0.235 e. The average Bonchev–Trinajstić information content (AvgIpc) is 2.87. The Morgan fingerprint density at radius 1 is 1.33 bits per heavy atom. The van der Waals surface area contributed by atoms with E-state index in [0.717, 1.165) is 21.4 Å². The van der Waals surface area contributed by atoms with Gasteiger partial charge in [-0.2, -0.15) is 9.61 Å². The van der Waals surface area contributed by atoms with Crippen LogP contribution < -0.4 is 5.73 Å². The summed E-state index contributed by atoms with van der Waals surface area (Å²) in [5.41, 5.74) is 8.04. The molecule has 0 aliphatic carbocycles. The summed E-state index contributed by atoms with van der Waals surface area (Å²) in [6.07, 6.45) is 0. The summed E-state index contributed by atoms with van der Waals surface area (Å²) in [7, 11) is 0. The Kier molecular flexibility index (Phi) is 2.61. The number of aryl methyl sites for hydroxylation is 1. The van der Waals surface area contributed by atoms with Crippen LogP contribution in [0.5, 0.6) is 0 Å². The van der Waals surface area contributed by atoms with Gasteiger partial charge < -0.3 is 5.73 Å². The van der Waals surface area contributed by atoms with E-state index in [1.165, 1.54) is 16.9 Å². The van der Waals surface area contributed by atoms with Gasteiger partial charge in [-0.1, -0.05) is 35.1 Å². The molecule has 1 atom stereocenters. The predicted octanol–water partition coefficient (Wildman–Crippen LogP) is 2.18. The molecule has 18 heavy (non-hydrogen) atoms. The zero-order valence-corrected chi connectivity index (χ0v) is 11.0. The van der Waals surface area contributed by atoms with Gasteiger partial charge in [-0.05, 0) is 19.9 Å². The summed E-state index contributed by atoms with van der Waals surface area (Å²) >= 11 is 1.48. The van der Waals surface area contributed by atoms with E-state index >= 15 is 0 Å². The number of nitrogens with two attached hydrogens (primary N) is 1. The largest absolute Gasteiger partial charge is 0.322 e. The minimum absolute atomic E-state index is 0.0814. The monoisotopic (exact) mass is 259 g/mol. The molecule has 0 bridgehead atoms. The Balaban J connectivity index is 2.17. The summed E-state index contributed by atoms with van der Waals surface area (Å²) in [6, 6.07) is 8.05. The SMILES string of the molecule is Cc1cccc(-c2nnc3sc(C(C)N)nn23)c1. The third kappa shape index (κ3) is 1.79. The standard InChI is InChI=1S/C12H13N5S/c1-7-4-3-5-9(6-7)10-14-15-12-17(10)16-11(18-12)8(2)13/h3-6,8H,13H2,1-2H3. The van der Waals surface area contributed by atoms with Crippen molar-refractivity contribution >= 4 is 16.3 Å².